The van der Waals surface area contributed by atoms with Gasteiger partial charge in [-0.25, -0.2) is 0 Å². The van der Waals surface area contributed by atoms with Gasteiger partial charge < -0.3 is 11.1 Å². The van der Waals surface area contributed by atoms with Gasteiger partial charge in [0.2, 0.25) is 11.8 Å². The van der Waals surface area contributed by atoms with Crippen LogP contribution in [0.5, 0.6) is 0 Å². The molecule has 0 spiro atoms. The van der Waals surface area contributed by atoms with Gasteiger partial charge in [0, 0.05) is 6.04 Å². The molecule has 1 saturated heterocycles. The monoisotopic (exact) mass is 241 g/mol. The molecule has 1 unspecified atom stereocenters. The molecular formula is C11H19N3O3. The SMILES string of the molecule is CC(C)N1C(=O)CC(NC(=O)C(C)(C)N)C1=O. The van der Waals surface area contributed by atoms with Crippen molar-refractivity contribution in [2.24, 2.45) is 5.73 Å². The molecule has 1 heterocycles. The number of carbonyl (C=O) groups is 3. The van der Waals surface area contributed by atoms with Crippen LogP contribution in [0.3, 0.4) is 0 Å². The van der Waals surface area contributed by atoms with Crippen molar-refractivity contribution in [2.45, 2.75) is 51.7 Å². The minimum absolute atomic E-state index is 0.0127. The molecule has 1 aliphatic heterocycles. The van der Waals surface area contributed by atoms with Crippen LogP contribution in [0.1, 0.15) is 34.1 Å². The first kappa shape index (κ1) is 13.6. The van der Waals surface area contributed by atoms with Crippen molar-refractivity contribution in [3.8, 4) is 0 Å². The molecule has 1 fully saturated rings. The number of nitrogens with zero attached hydrogens (tertiary/aromatic N) is 1. The Morgan fingerprint density at radius 3 is 2.35 bits per heavy atom. The first-order valence-electron chi connectivity index (χ1n) is 5.60. The quantitative estimate of drug-likeness (QED) is 0.644. The van der Waals surface area contributed by atoms with Gasteiger partial charge in [0.25, 0.3) is 5.91 Å². The number of amides is 3. The van der Waals surface area contributed by atoms with Crippen molar-refractivity contribution in [1.29, 1.82) is 0 Å². The minimum Gasteiger partial charge on any atom is -0.342 e. The van der Waals surface area contributed by atoms with E-state index in [1.807, 2.05) is 0 Å². The standard InChI is InChI=1S/C11H19N3O3/c1-6(2)14-8(15)5-7(9(14)16)13-10(17)11(3,4)12/h6-7H,5,12H2,1-4H3,(H,13,17). The Kier molecular flexibility index (Phi) is 3.56. The van der Waals surface area contributed by atoms with Gasteiger partial charge in [-0.2, -0.15) is 0 Å². The summed E-state index contributed by atoms with van der Waals surface area (Å²) in [5.41, 5.74) is 4.55. The average Bonchev–Trinajstić information content (AvgIpc) is 2.40. The fourth-order valence-corrected chi connectivity index (χ4v) is 1.65. The van der Waals surface area contributed by atoms with Gasteiger partial charge in [-0.1, -0.05) is 0 Å². The molecular weight excluding hydrogens is 222 g/mol. The second-order valence-electron chi connectivity index (χ2n) is 5.15. The Hall–Kier alpha value is -1.43. The fraction of sp³-hybridized carbons (Fsp3) is 0.727. The lowest BCUT2D eigenvalue weighted by molar-refractivity contribution is -0.141. The highest BCUT2D eigenvalue weighted by Gasteiger charge is 2.41. The second kappa shape index (κ2) is 4.44. The molecule has 0 bridgehead atoms. The summed E-state index contributed by atoms with van der Waals surface area (Å²) >= 11 is 0. The van der Waals surface area contributed by atoms with Crippen LogP contribution in [0.4, 0.5) is 0 Å². The highest BCUT2D eigenvalue weighted by atomic mass is 16.2. The number of carbonyl (C=O) groups excluding carboxylic acids is 3. The molecule has 3 N–H and O–H groups in total. The molecule has 0 aromatic rings. The molecule has 0 aromatic carbocycles. The highest BCUT2D eigenvalue weighted by molar-refractivity contribution is 6.07. The predicted molar refractivity (Wildman–Crippen MR) is 61.8 cm³/mol. The Balaban J connectivity index is 2.74. The Bertz CT molecular complexity index is 357. The summed E-state index contributed by atoms with van der Waals surface area (Å²) < 4.78 is 0. The Morgan fingerprint density at radius 1 is 1.47 bits per heavy atom. The Labute approximate surface area is 101 Å². The van der Waals surface area contributed by atoms with E-state index < -0.39 is 17.5 Å². The summed E-state index contributed by atoms with van der Waals surface area (Å²) in [7, 11) is 0. The van der Waals surface area contributed by atoms with Gasteiger partial charge in [0.05, 0.1) is 12.0 Å². The van der Waals surface area contributed by atoms with Gasteiger partial charge in [0.1, 0.15) is 6.04 Å². The Morgan fingerprint density at radius 2 is 2.00 bits per heavy atom. The molecule has 96 valence electrons. The maximum atomic E-state index is 11.9. The summed E-state index contributed by atoms with van der Waals surface area (Å²) in [5, 5.41) is 2.51. The van der Waals surface area contributed by atoms with Crippen LogP contribution in [-0.2, 0) is 14.4 Å². The van der Waals surface area contributed by atoms with Crippen molar-refractivity contribution >= 4 is 17.7 Å². The number of imide groups is 1. The van der Waals surface area contributed by atoms with E-state index in [0.717, 1.165) is 0 Å². The third kappa shape index (κ3) is 2.82. The molecule has 0 aromatic heterocycles. The van der Waals surface area contributed by atoms with Crippen LogP contribution in [0.2, 0.25) is 0 Å². The van der Waals surface area contributed by atoms with Crippen LogP contribution in [0.25, 0.3) is 0 Å². The first-order valence-corrected chi connectivity index (χ1v) is 5.60. The van der Waals surface area contributed by atoms with E-state index >= 15 is 0 Å². The molecule has 3 amide bonds. The van der Waals surface area contributed by atoms with E-state index in [4.69, 9.17) is 5.73 Å². The zero-order valence-electron chi connectivity index (χ0n) is 10.6. The van der Waals surface area contributed by atoms with E-state index in [0.29, 0.717) is 0 Å². The molecule has 0 aliphatic carbocycles. The van der Waals surface area contributed by atoms with Crippen molar-refractivity contribution in [3.05, 3.63) is 0 Å². The zero-order valence-corrected chi connectivity index (χ0v) is 10.6. The number of likely N-dealkylation sites (tertiary alicyclic amines) is 1. The van der Waals surface area contributed by atoms with Crippen LogP contribution in [0, 0.1) is 0 Å². The lowest BCUT2D eigenvalue weighted by Gasteiger charge is -2.22. The third-order valence-corrected chi connectivity index (χ3v) is 2.59. The zero-order chi connectivity index (χ0) is 13.4. The van der Waals surface area contributed by atoms with E-state index in [1.165, 1.54) is 4.90 Å². The van der Waals surface area contributed by atoms with Crippen molar-refractivity contribution in [2.75, 3.05) is 0 Å². The summed E-state index contributed by atoms with van der Waals surface area (Å²) in [5.74, 6) is -1.05. The molecule has 1 aliphatic rings. The summed E-state index contributed by atoms with van der Waals surface area (Å²) in [6.45, 7) is 6.60. The second-order valence-corrected chi connectivity index (χ2v) is 5.15. The van der Waals surface area contributed by atoms with Crippen LogP contribution < -0.4 is 11.1 Å². The van der Waals surface area contributed by atoms with Crippen molar-refractivity contribution in [1.82, 2.24) is 10.2 Å². The number of nitrogens with one attached hydrogen (secondary N) is 1. The maximum Gasteiger partial charge on any atom is 0.252 e. The number of hydrogen-bond donors (Lipinski definition) is 2. The first-order chi connectivity index (χ1) is 7.64. The van der Waals surface area contributed by atoms with Crippen LogP contribution in [-0.4, -0.2) is 40.2 Å². The number of nitrogens with two attached hydrogens (primary N) is 1. The topological polar surface area (TPSA) is 92.5 Å². The number of rotatable bonds is 3. The minimum atomic E-state index is -1.06. The van der Waals surface area contributed by atoms with Crippen LogP contribution in [0.15, 0.2) is 0 Å². The molecule has 1 rings (SSSR count). The average molecular weight is 241 g/mol. The normalized spacial score (nSPS) is 21.3. The summed E-state index contributed by atoms with van der Waals surface area (Å²) in [4.78, 5) is 36.3. The van der Waals surface area contributed by atoms with E-state index in [-0.39, 0.29) is 24.3 Å². The lowest BCUT2D eigenvalue weighted by atomic mass is 10.1. The summed E-state index contributed by atoms with van der Waals surface area (Å²) in [6.07, 6.45) is 0.0127. The van der Waals surface area contributed by atoms with E-state index in [9.17, 15) is 14.4 Å². The van der Waals surface area contributed by atoms with Gasteiger partial charge >= 0.3 is 0 Å². The molecule has 0 radical (unpaired) electrons. The van der Waals surface area contributed by atoms with Gasteiger partial charge in [-0.15, -0.1) is 0 Å². The molecule has 1 atom stereocenters. The van der Waals surface area contributed by atoms with Gasteiger partial charge in [-0.3, -0.25) is 19.3 Å². The fourth-order valence-electron chi connectivity index (χ4n) is 1.65. The maximum absolute atomic E-state index is 11.9. The molecule has 0 saturated carbocycles. The smallest absolute Gasteiger partial charge is 0.252 e. The van der Waals surface area contributed by atoms with E-state index in [1.54, 1.807) is 27.7 Å². The predicted octanol–water partition coefficient (Wildman–Crippen LogP) is -0.624. The molecule has 17 heavy (non-hydrogen) atoms. The molecule has 6 heteroatoms. The van der Waals surface area contributed by atoms with Gasteiger partial charge in [0.15, 0.2) is 0 Å². The van der Waals surface area contributed by atoms with E-state index in [2.05, 4.69) is 5.32 Å². The number of hydrogen-bond acceptors (Lipinski definition) is 4. The van der Waals surface area contributed by atoms with Gasteiger partial charge in [-0.05, 0) is 27.7 Å². The largest absolute Gasteiger partial charge is 0.342 e. The highest BCUT2D eigenvalue weighted by Crippen LogP contribution is 2.16. The van der Waals surface area contributed by atoms with Crippen molar-refractivity contribution in [3.63, 3.8) is 0 Å². The third-order valence-electron chi connectivity index (χ3n) is 2.59. The van der Waals surface area contributed by atoms with Crippen molar-refractivity contribution < 1.29 is 14.4 Å². The molecule has 6 nitrogen and oxygen atoms in total. The summed E-state index contributed by atoms with van der Waals surface area (Å²) in [6, 6.07) is -0.969. The van der Waals surface area contributed by atoms with Crippen LogP contribution >= 0.6 is 0 Å². The lowest BCUT2D eigenvalue weighted by Crippen LogP contribution is -2.54.